The van der Waals surface area contributed by atoms with Crippen molar-refractivity contribution in [3.8, 4) is 0 Å². The summed E-state index contributed by atoms with van der Waals surface area (Å²) in [5, 5.41) is 0. The van der Waals surface area contributed by atoms with Crippen molar-refractivity contribution in [3.05, 3.63) is 102 Å². The fourth-order valence-corrected chi connectivity index (χ4v) is 4.61. The van der Waals surface area contributed by atoms with E-state index >= 15 is 0 Å². The van der Waals surface area contributed by atoms with Gasteiger partial charge in [0.1, 0.15) is 0 Å². The summed E-state index contributed by atoms with van der Waals surface area (Å²) < 4.78 is 0. The second-order valence-electron chi connectivity index (χ2n) is 8.66. The van der Waals surface area contributed by atoms with E-state index < -0.39 is 0 Å². The van der Waals surface area contributed by atoms with E-state index in [4.69, 9.17) is 0 Å². The van der Waals surface area contributed by atoms with E-state index in [-0.39, 0.29) is 23.8 Å². The number of hydrogen-bond acceptors (Lipinski definition) is 3. The Bertz CT molecular complexity index is 993. The van der Waals surface area contributed by atoms with Gasteiger partial charge in [0.2, 0.25) is 11.8 Å². The highest BCUT2D eigenvalue weighted by Gasteiger charge is 2.32. The van der Waals surface area contributed by atoms with Crippen LogP contribution in [-0.4, -0.2) is 46.7 Å². The third-order valence-electron chi connectivity index (χ3n) is 6.49. The largest absolute Gasteiger partial charge is 0.343 e. The fraction of sp³-hybridized carbons (Fsp3) is 0.321. The molecule has 1 unspecified atom stereocenters. The zero-order chi connectivity index (χ0) is 23.0. The maximum Gasteiger partial charge on any atom is 0.226 e. The number of amides is 2. The third-order valence-corrected chi connectivity index (χ3v) is 6.49. The van der Waals surface area contributed by atoms with Crippen LogP contribution in [0.3, 0.4) is 0 Å². The lowest BCUT2D eigenvalue weighted by Crippen LogP contribution is -2.44. The number of hydrogen-bond donors (Lipinski definition) is 0. The predicted molar refractivity (Wildman–Crippen MR) is 129 cm³/mol. The number of carbonyl (C=O) groups is 2. The lowest BCUT2D eigenvalue weighted by atomic mass is 9.93. The van der Waals surface area contributed by atoms with Crippen LogP contribution in [0, 0.1) is 5.92 Å². The van der Waals surface area contributed by atoms with Crippen molar-refractivity contribution in [1.29, 1.82) is 0 Å². The molecule has 170 valence electrons. The summed E-state index contributed by atoms with van der Waals surface area (Å²) in [6, 6.07) is 25.7. The van der Waals surface area contributed by atoms with Gasteiger partial charge in [-0.1, -0.05) is 66.7 Å². The first kappa shape index (κ1) is 22.7. The Morgan fingerprint density at radius 2 is 1.58 bits per heavy atom. The molecule has 2 amide bonds. The van der Waals surface area contributed by atoms with Crippen LogP contribution in [0.2, 0.25) is 0 Å². The molecule has 1 atom stereocenters. The first-order valence-electron chi connectivity index (χ1n) is 11.7. The van der Waals surface area contributed by atoms with Gasteiger partial charge in [-0.2, -0.15) is 0 Å². The second-order valence-corrected chi connectivity index (χ2v) is 8.66. The summed E-state index contributed by atoms with van der Waals surface area (Å²) >= 11 is 0. The van der Waals surface area contributed by atoms with E-state index in [1.165, 1.54) is 5.56 Å². The molecule has 3 aromatic rings. The predicted octanol–water partition coefficient (Wildman–Crippen LogP) is 4.50. The van der Waals surface area contributed by atoms with E-state index in [1.807, 2.05) is 83.6 Å². The summed E-state index contributed by atoms with van der Waals surface area (Å²) in [6.45, 7) is 1.27. The Morgan fingerprint density at radius 1 is 0.939 bits per heavy atom. The number of benzene rings is 2. The summed E-state index contributed by atoms with van der Waals surface area (Å²) in [7, 11) is 1.87. The van der Waals surface area contributed by atoms with Crippen molar-refractivity contribution in [2.45, 2.75) is 31.7 Å². The molecule has 0 aliphatic carbocycles. The molecule has 0 bridgehead atoms. The maximum absolute atomic E-state index is 13.5. The van der Waals surface area contributed by atoms with Gasteiger partial charge in [-0.15, -0.1) is 0 Å². The van der Waals surface area contributed by atoms with Crippen LogP contribution >= 0.6 is 0 Å². The quantitative estimate of drug-likeness (QED) is 0.542. The van der Waals surface area contributed by atoms with Crippen molar-refractivity contribution >= 4 is 11.8 Å². The molecule has 0 N–H and O–H groups in total. The molecule has 5 heteroatoms. The van der Waals surface area contributed by atoms with Gasteiger partial charge in [0.15, 0.2) is 0 Å². The van der Waals surface area contributed by atoms with Gasteiger partial charge in [0.25, 0.3) is 0 Å². The number of pyridine rings is 1. The zero-order valence-electron chi connectivity index (χ0n) is 19.1. The highest BCUT2D eigenvalue weighted by Crippen LogP contribution is 2.29. The van der Waals surface area contributed by atoms with Crippen LogP contribution in [0.15, 0.2) is 85.1 Å². The van der Waals surface area contributed by atoms with E-state index in [9.17, 15) is 9.59 Å². The lowest BCUT2D eigenvalue weighted by molar-refractivity contribution is -0.141. The fourth-order valence-electron chi connectivity index (χ4n) is 4.61. The SMILES string of the molecule is CN(C(=O)C1CCN(C(=O)CCc2ccccc2)CC1)C(c1ccccc1)c1ccccn1. The number of aryl methyl sites for hydroxylation is 1. The number of aromatic nitrogens is 1. The smallest absolute Gasteiger partial charge is 0.226 e. The maximum atomic E-state index is 13.5. The van der Waals surface area contributed by atoms with Crippen LogP contribution in [-0.2, 0) is 16.0 Å². The minimum atomic E-state index is -0.231. The summed E-state index contributed by atoms with van der Waals surface area (Å²) in [6.07, 6.45) is 4.43. The topological polar surface area (TPSA) is 53.5 Å². The monoisotopic (exact) mass is 441 g/mol. The Kier molecular flexibility index (Phi) is 7.51. The first-order valence-corrected chi connectivity index (χ1v) is 11.7. The highest BCUT2D eigenvalue weighted by atomic mass is 16.2. The van der Waals surface area contributed by atoms with Crippen molar-refractivity contribution in [2.75, 3.05) is 20.1 Å². The Labute approximate surface area is 196 Å². The van der Waals surface area contributed by atoms with Gasteiger partial charge in [0.05, 0.1) is 11.7 Å². The van der Waals surface area contributed by atoms with E-state index in [0.29, 0.717) is 32.4 Å². The summed E-state index contributed by atoms with van der Waals surface area (Å²) in [5.74, 6) is 0.211. The van der Waals surface area contributed by atoms with E-state index in [2.05, 4.69) is 17.1 Å². The van der Waals surface area contributed by atoms with Gasteiger partial charge >= 0.3 is 0 Å². The van der Waals surface area contributed by atoms with Crippen molar-refractivity contribution < 1.29 is 9.59 Å². The number of carbonyl (C=O) groups excluding carboxylic acids is 2. The third kappa shape index (κ3) is 5.67. The average molecular weight is 442 g/mol. The molecule has 0 spiro atoms. The van der Waals surface area contributed by atoms with Crippen LogP contribution < -0.4 is 0 Å². The molecule has 2 heterocycles. The van der Waals surface area contributed by atoms with Crippen molar-refractivity contribution in [3.63, 3.8) is 0 Å². The van der Waals surface area contributed by atoms with Crippen LogP contribution in [0.5, 0.6) is 0 Å². The highest BCUT2D eigenvalue weighted by molar-refractivity contribution is 5.81. The number of rotatable bonds is 7. The lowest BCUT2D eigenvalue weighted by Gasteiger charge is -2.36. The van der Waals surface area contributed by atoms with Crippen LogP contribution in [0.1, 0.15) is 42.1 Å². The molecule has 5 nitrogen and oxygen atoms in total. The van der Waals surface area contributed by atoms with E-state index in [1.54, 1.807) is 6.20 Å². The molecule has 0 radical (unpaired) electrons. The van der Waals surface area contributed by atoms with Crippen molar-refractivity contribution in [1.82, 2.24) is 14.8 Å². The normalized spacial score (nSPS) is 15.1. The minimum absolute atomic E-state index is 0.0805. The molecule has 33 heavy (non-hydrogen) atoms. The second kappa shape index (κ2) is 10.9. The molecular weight excluding hydrogens is 410 g/mol. The number of nitrogens with zero attached hydrogens (tertiary/aromatic N) is 3. The molecule has 0 saturated carbocycles. The number of piperidine rings is 1. The molecule has 1 saturated heterocycles. The molecular formula is C28H31N3O2. The van der Waals surface area contributed by atoms with Gasteiger partial charge in [-0.3, -0.25) is 14.6 Å². The Hall–Kier alpha value is -3.47. The number of likely N-dealkylation sites (tertiary alicyclic amines) is 1. The standard InChI is InChI=1S/C28H31N3O2/c1-30(27(23-12-6-3-7-13-23)25-14-8-9-19-29-25)28(33)24-17-20-31(21-18-24)26(32)16-15-22-10-4-2-5-11-22/h2-14,19,24,27H,15-18,20-21H2,1H3. The summed E-state index contributed by atoms with van der Waals surface area (Å²) in [5.41, 5.74) is 3.08. The van der Waals surface area contributed by atoms with Gasteiger partial charge in [-0.05, 0) is 42.5 Å². The Balaban J connectivity index is 1.37. The van der Waals surface area contributed by atoms with E-state index in [0.717, 1.165) is 17.7 Å². The Morgan fingerprint density at radius 3 is 2.21 bits per heavy atom. The summed E-state index contributed by atoms with van der Waals surface area (Å²) in [4.78, 5) is 34.4. The molecule has 1 aliphatic heterocycles. The first-order chi connectivity index (χ1) is 16.1. The van der Waals surface area contributed by atoms with Crippen molar-refractivity contribution in [2.24, 2.45) is 5.92 Å². The molecule has 2 aromatic carbocycles. The average Bonchev–Trinajstić information content (AvgIpc) is 2.89. The molecule has 1 aliphatic rings. The minimum Gasteiger partial charge on any atom is -0.343 e. The molecule has 1 fully saturated rings. The molecule has 4 rings (SSSR count). The van der Waals surface area contributed by atoms with Crippen LogP contribution in [0.4, 0.5) is 0 Å². The van der Waals surface area contributed by atoms with Crippen LogP contribution in [0.25, 0.3) is 0 Å². The van der Waals surface area contributed by atoms with Gasteiger partial charge in [0, 0.05) is 38.7 Å². The zero-order valence-corrected chi connectivity index (χ0v) is 19.1. The van der Waals surface area contributed by atoms with Gasteiger partial charge < -0.3 is 9.80 Å². The van der Waals surface area contributed by atoms with Gasteiger partial charge in [-0.25, -0.2) is 0 Å². The molecule has 1 aromatic heterocycles.